The van der Waals surface area contributed by atoms with Crippen LogP contribution in [0.2, 0.25) is 0 Å². The van der Waals surface area contributed by atoms with Crippen LogP contribution in [0.5, 0.6) is 0 Å². The Hall–Kier alpha value is -6.40. The fourth-order valence-corrected chi connectivity index (χ4v) is 9.44. The normalized spacial score (nSPS) is 16.8. The number of carbonyl (C=O) groups excluding carboxylic acids is 9. The van der Waals surface area contributed by atoms with Crippen LogP contribution in [0.1, 0.15) is 98.5 Å². The number of benzene rings is 1. The largest absolute Gasteiger partial charge is 0.480 e. The van der Waals surface area contributed by atoms with Crippen LogP contribution in [-0.4, -0.2) is 203 Å². The average Bonchev–Trinajstić information content (AvgIpc) is 3.88. The number of nitrogens with one attached hydrogen (secondary N) is 6. The summed E-state index contributed by atoms with van der Waals surface area (Å²) < 4.78 is 21.6. The standard InChI is InChI=1S/C53H87N9O15/c1-13-33(4)46(61(9)44(66)31-56-50(69)45(32(2)3)60(7)8)40(74-10)30-43(65)62-27-17-21-39(62)47(75-11)34(5)48(67)59-38(29-36-19-15-14-16-20-36)49(68)54-25-18-28-77-52(72)35(6)57-41(63)23-22-37(51(70)71)58-42(64)24-26-55-53(73)76-12/h14-16,19-20,32-35,37-40,45-47H,13,17-18,21-31H2,1-12H3,(H,54,68)(H,55,73)(H,56,69)(H,57,63)(H,58,64)(H,59,67)(H,70,71)/t33-,34+,35-,37-,38-,39-,40+,45?,46-,47+/m0/s1. The Kier molecular flexibility index (Phi) is 29.8. The van der Waals surface area contributed by atoms with E-state index in [4.69, 9.17) is 14.2 Å². The monoisotopic (exact) mass is 1090 g/mol. The minimum absolute atomic E-state index is 0.0174. The SMILES string of the molecule is CC[C@H](C)[C@@H]([C@@H](CC(=O)N1CCC[C@H]1[C@H](OC)[C@@H](C)C(=O)N[C@@H](Cc1ccccc1)C(=O)NCCCOC(=O)[C@H](C)NC(=O)CC[C@H](NC(=O)CCNC(=O)OC)C(=O)O)OC)N(C)C(=O)CNC(=O)C(C(C)C)N(C)C. The third kappa shape index (κ3) is 22.2. The highest BCUT2D eigenvalue weighted by molar-refractivity contribution is 5.90. The maximum Gasteiger partial charge on any atom is 0.406 e. The first-order chi connectivity index (χ1) is 36.4. The molecule has 2 rings (SSSR count). The van der Waals surface area contributed by atoms with Gasteiger partial charge in [-0.15, -0.1) is 0 Å². The summed E-state index contributed by atoms with van der Waals surface area (Å²) in [7, 11) is 9.41. The second kappa shape index (κ2) is 34.4. The number of likely N-dealkylation sites (N-methyl/N-ethyl adjacent to an activating group) is 2. The molecule has 1 aliphatic heterocycles. The van der Waals surface area contributed by atoms with Crippen molar-refractivity contribution < 1.29 is 72.0 Å². The number of carbonyl (C=O) groups is 10. The molecule has 0 aromatic heterocycles. The zero-order chi connectivity index (χ0) is 57.9. The summed E-state index contributed by atoms with van der Waals surface area (Å²) in [5.74, 6) is -6.17. The van der Waals surface area contributed by atoms with E-state index >= 15 is 0 Å². The molecule has 1 aromatic carbocycles. The van der Waals surface area contributed by atoms with Crippen molar-refractivity contribution in [2.75, 3.05) is 75.3 Å². The van der Waals surface area contributed by atoms with Crippen molar-refractivity contribution >= 4 is 59.4 Å². The first-order valence-corrected chi connectivity index (χ1v) is 26.4. The lowest BCUT2D eigenvalue weighted by Crippen LogP contribution is -2.55. The molecule has 24 nitrogen and oxygen atoms in total. The lowest BCUT2D eigenvalue weighted by Gasteiger charge is -2.39. The van der Waals surface area contributed by atoms with E-state index in [1.807, 2.05) is 77.0 Å². The number of likely N-dealkylation sites (tertiary alicyclic amines) is 1. The predicted octanol–water partition coefficient (Wildman–Crippen LogP) is 0.987. The zero-order valence-electron chi connectivity index (χ0n) is 47.1. The van der Waals surface area contributed by atoms with Crippen LogP contribution < -0.4 is 31.9 Å². The van der Waals surface area contributed by atoms with Crippen molar-refractivity contribution in [1.29, 1.82) is 0 Å². The highest BCUT2D eigenvalue weighted by Crippen LogP contribution is 2.29. The highest BCUT2D eigenvalue weighted by atomic mass is 16.5. The van der Waals surface area contributed by atoms with Gasteiger partial charge in [0.1, 0.15) is 18.1 Å². The number of hydrogen-bond acceptors (Lipinski definition) is 15. The zero-order valence-corrected chi connectivity index (χ0v) is 47.1. The van der Waals surface area contributed by atoms with Crippen molar-refractivity contribution in [3.8, 4) is 0 Å². The predicted molar refractivity (Wildman–Crippen MR) is 284 cm³/mol. The van der Waals surface area contributed by atoms with Crippen LogP contribution in [0.3, 0.4) is 0 Å². The van der Waals surface area contributed by atoms with Crippen molar-refractivity contribution in [1.82, 2.24) is 46.6 Å². The van der Waals surface area contributed by atoms with Crippen molar-refractivity contribution in [2.45, 2.75) is 148 Å². The number of carboxylic acid groups (broad SMARTS) is 1. The first-order valence-electron chi connectivity index (χ1n) is 26.4. The summed E-state index contributed by atoms with van der Waals surface area (Å²) in [6, 6.07) is 4.14. The number of esters is 1. The van der Waals surface area contributed by atoms with E-state index in [9.17, 15) is 53.1 Å². The number of ether oxygens (including phenoxy) is 4. The van der Waals surface area contributed by atoms with E-state index in [1.54, 1.807) is 23.8 Å². The molecule has 1 unspecified atom stereocenters. The van der Waals surface area contributed by atoms with Gasteiger partial charge in [0.05, 0.1) is 62.9 Å². The van der Waals surface area contributed by atoms with Crippen molar-refractivity contribution in [2.24, 2.45) is 17.8 Å². The van der Waals surface area contributed by atoms with Crippen LogP contribution in [0.25, 0.3) is 0 Å². The maximum atomic E-state index is 14.3. The topological polar surface area (TPSA) is 310 Å². The molecule has 0 bridgehead atoms. The van der Waals surface area contributed by atoms with E-state index in [-0.39, 0.29) is 94.3 Å². The van der Waals surface area contributed by atoms with E-state index in [0.717, 1.165) is 12.7 Å². The van der Waals surface area contributed by atoms with Gasteiger partial charge in [0.25, 0.3) is 0 Å². The fraction of sp³-hybridized carbons (Fsp3) is 0.698. The third-order valence-electron chi connectivity index (χ3n) is 13.8. The number of nitrogens with zero attached hydrogens (tertiary/aromatic N) is 3. The molecule has 1 heterocycles. The van der Waals surface area contributed by atoms with Gasteiger partial charge in [0.15, 0.2) is 0 Å². The molecule has 24 heteroatoms. The molecule has 8 amide bonds. The molecule has 0 saturated carbocycles. The molecule has 7 N–H and O–H groups in total. The first kappa shape index (κ1) is 66.7. The molecule has 0 aliphatic carbocycles. The second-order valence-corrected chi connectivity index (χ2v) is 20.0. The van der Waals surface area contributed by atoms with Crippen molar-refractivity contribution in [3.05, 3.63) is 35.9 Å². The van der Waals surface area contributed by atoms with Gasteiger partial charge in [-0.1, -0.05) is 71.4 Å². The van der Waals surface area contributed by atoms with E-state index in [1.165, 1.54) is 21.1 Å². The number of carboxylic acids is 1. The quantitative estimate of drug-likeness (QED) is 0.0374. The second-order valence-electron chi connectivity index (χ2n) is 20.0. The molecule has 77 heavy (non-hydrogen) atoms. The Bertz CT molecular complexity index is 2090. The summed E-state index contributed by atoms with van der Waals surface area (Å²) in [5, 5.41) is 25.0. The van der Waals surface area contributed by atoms with Crippen LogP contribution >= 0.6 is 0 Å². The number of alkyl carbamates (subject to hydrolysis) is 1. The molecule has 0 radical (unpaired) electrons. The van der Waals surface area contributed by atoms with Gasteiger partial charge in [0, 0.05) is 60.2 Å². The van der Waals surface area contributed by atoms with Crippen LogP contribution in [-0.2, 0) is 68.5 Å². The molecule has 10 atom stereocenters. The highest BCUT2D eigenvalue weighted by Gasteiger charge is 2.43. The Morgan fingerprint density at radius 1 is 0.779 bits per heavy atom. The van der Waals surface area contributed by atoms with E-state index < -0.39 is 96.0 Å². The van der Waals surface area contributed by atoms with Gasteiger partial charge in [-0.2, -0.15) is 0 Å². The molecule has 0 spiro atoms. The average molecular weight is 1090 g/mol. The lowest BCUT2D eigenvalue weighted by atomic mass is 9.90. The van der Waals surface area contributed by atoms with Gasteiger partial charge >= 0.3 is 18.0 Å². The number of hydrogen-bond donors (Lipinski definition) is 7. The van der Waals surface area contributed by atoms with Gasteiger partial charge < -0.3 is 65.8 Å². The molecule has 1 aliphatic rings. The number of methoxy groups -OCH3 is 3. The summed E-state index contributed by atoms with van der Waals surface area (Å²) in [6.07, 6.45) is -0.917. The van der Waals surface area contributed by atoms with Crippen molar-refractivity contribution in [3.63, 3.8) is 0 Å². The molecule has 434 valence electrons. The van der Waals surface area contributed by atoms with Gasteiger partial charge in [-0.05, 0) is 64.1 Å². The molecular weight excluding hydrogens is 1000 g/mol. The Balaban J connectivity index is 2.05. The smallest absolute Gasteiger partial charge is 0.406 e. The van der Waals surface area contributed by atoms with Gasteiger partial charge in [-0.3, -0.25) is 38.5 Å². The van der Waals surface area contributed by atoms with E-state index in [2.05, 4.69) is 36.6 Å². The number of amides is 8. The third-order valence-corrected chi connectivity index (χ3v) is 13.8. The number of aliphatic carboxylic acids is 1. The Morgan fingerprint density at radius 2 is 1.44 bits per heavy atom. The molecule has 1 saturated heterocycles. The summed E-state index contributed by atoms with van der Waals surface area (Å²) in [4.78, 5) is 134. The van der Waals surface area contributed by atoms with Crippen LogP contribution in [0, 0.1) is 17.8 Å². The van der Waals surface area contributed by atoms with Gasteiger partial charge in [0.2, 0.25) is 41.4 Å². The molecule has 1 aromatic rings. The summed E-state index contributed by atoms with van der Waals surface area (Å²) in [5.41, 5.74) is 0.777. The summed E-state index contributed by atoms with van der Waals surface area (Å²) in [6.45, 7) is 10.9. The van der Waals surface area contributed by atoms with Gasteiger partial charge in [-0.25, -0.2) is 14.4 Å². The minimum atomic E-state index is -1.40. The fourth-order valence-electron chi connectivity index (χ4n) is 9.44. The minimum Gasteiger partial charge on any atom is -0.480 e. The van der Waals surface area contributed by atoms with E-state index in [0.29, 0.717) is 25.8 Å². The Morgan fingerprint density at radius 3 is 2.03 bits per heavy atom. The molecule has 1 fully saturated rings. The summed E-state index contributed by atoms with van der Waals surface area (Å²) >= 11 is 0. The van der Waals surface area contributed by atoms with Crippen LogP contribution in [0.15, 0.2) is 30.3 Å². The maximum absolute atomic E-state index is 14.3. The Labute approximate surface area is 453 Å². The lowest BCUT2D eigenvalue weighted by molar-refractivity contribution is -0.147. The molecular formula is C53H87N9O15. The number of rotatable bonds is 34. The van der Waals surface area contributed by atoms with Crippen LogP contribution in [0.4, 0.5) is 4.79 Å².